The molecule has 2 rings (SSSR count). The van der Waals surface area contributed by atoms with E-state index < -0.39 is 0 Å². The van der Waals surface area contributed by atoms with Gasteiger partial charge in [-0.1, -0.05) is 34.1 Å². The van der Waals surface area contributed by atoms with Crippen molar-refractivity contribution in [1.29, 1.82) is 0 Å². The Morgan fingerprint density at radius 3 is 2.11 bits per heavy atom. The Labute approximate surface area is 119 Å². The van der Waals surface area contributed by atoms with Crippen LogP contribution in [0.1, 0.15) is 47.0 Å². The summed E-state index contributed by atoms with van der Waals surface area (Å²) >= 11 is 0. The van der Waals surface area contributed by atoms with Gasteiger partial charge in [-0.05, 0) is 24.2 Å². The molecule has 1 aliphatic carbocycles. The lowest BCUT2D eigenvalue weighted by molar-refractivity contribution is -0.0215. The molecule has 0 radical (unpaired) electrons. The number of nitrogens with two attached hydrogens (primary N) is 1. The van der Waals surface area contributed by atoms with Crippen LogP contribution < -0.4 is 5.73 Å². The zero-order valence-corrected chi connectivity index (χ0v) is 13.4. The molecule has 0 aromatic carbocycles. The predicted molar refractivity (Wildman–Crippen MR) is 82.3 cm³/mol. The van der Waals surface area contributed by atoms with Crippen molar-refractivity contribution in [2.75, 3.05) is 39.3 Å². The van der Waals surface area contributed by atoms with Crippen LogP contribution >= 0.6 is 0 Å². The van der Waals surface area contributed by atoms with E-state index in [2.05, 4.69) is 37.5 Å². The standard InChI is InChI=1S/C16H33N3/c1-14(2)12-18-8-10-19(11-9-18)16(13-17)7-5-6-15(16,3)4/h14H,5-13,17H2,1-4H3. The molecule has 3 heteroatoms. The first-order chi connectivity index (χ1) is 8.91. The van der Waals surface area contributed by atoms with E-state index in [1.54, 1.807) is 0 Å². The first kappa shape index (κ1) is 15.3. The molecule has 2 fully saturated rings. The molecule has 112 valence electrons. The fourth-order valence-corrected chi connectivity index (χ4v) is 4.36. The van der Waals surface area contributed by atoms with Gasteiger partial charge in [0, 0.05) is 44.8 Å². The van der Waals surface area contributed by atoms with Crippen LogP contribution in [0.5, 0.6) is 0 Å². The average molecular weight is 267 g/mol. The number of rotatable bonds is 4. The second-order valence-corrected chi connectivity index (χ2v) is 7.65. The van der Waals surface area contributed by atoms with Gasteiger partial charge in [0.25, 0.3) is 0 Å². The second kappa shape index (κ2) is 5.71. The topological polar surface area (TPSA) is 32.5 Å². The summed E-state index contributed by atoms with van der Waals surface area (Å²) in [5.41, 5.74) is 6.87. The Hall–Kier alpha value is -0.120. The highest BCUT2D eigenvalue weighted by atomic mass is 15.3. The predicted octanol–water partition coefficient (Wildman–Crippen LogP) is 2.17. The van der Waals surface area contributed by atoms with Crippen molar-refractivity contribution in [3.8, 4) is 0 Å². The van der Waals surface area contributed by atoms with Crippen LogP contribution in [-0.2, 0) is 0 Å². The molecule has 19 heavy (non-hydrogen) atoms. The van der Waals surface area contributed by atoms with Gasteiger partial charge in [-0.3, -0.25) is 4.90 Å². The van der Waals surface area contributed by atoms with Crippen molar-refractivity contribution in [3.05, 3.63) is 0 Å². The molecule has 2 aliphatic rings. The molecule has 0 spiro atoms. The van der Waals surface area contributed by atoms with E-state index in [4.69, 9.17) is 5.73 Å². The van der Waals surface area contributed by atoms with Gasteiger partial charge >= 0.3 is 0 Å². The van der Waals surface area contributed by atoms with Gasteiger partial charge in [0.15, 0.2) is 0 Å². The maximum absolute atomic E-state index is 6.24. The van der Waals surface area contributed by atoms with E-state index in [1.807, 2.05) is 0 Å². The smallest absolute Gasteiger partial charge is 0.0383 e. The summed E-state index contributed by atoms with van der Waals surface area (Å²) in [5.74, 6) is 0.776. The molecular weight excluding hydrogens is 234 g/mol. The lowest BCUT2D eigenvalue weighted by atomic mass is 9.73. The SMILES string of the molecule is CC(C)CN1CCN(C2(CN)CCCC2(C)C)CC1. The summed E-state index contributed by atoms with van der Waals surface area (Å²) in [4.78, 5) is 5.34. The van der Waals surface area contributed by atoms with Gasteiger partial charge in [-0.15, -0.1) is 0 Å². The molecule has 1 saturated heterocycles. The van der Waals surface area contributed by atoms with Gasteiger partial charge in [-0.2, -0.15) is 0 Å². The van der Waals surface area contributed by atoms with Gasteiger partial charge in [-0.25, -0.2) is 0 Å². The minimum absolute atomic E-state index is 0.261. The monoisotopic (exact) mass is 267 g/mol. The number of hydrogen-bond acceptors (Lipinski definition) is 3. The van der Waals surface area contributed by atoms with Gasteiger partial charge < -0.3 is 10.6 Å². The van der Waals surface area contributed by atoms with Crippen LogP contribution in [0, 0.1) is 11.3 Å². The molecule has 1 heterocycles. The third kappa shape index (κ3) is 2.84. The zero-order valence-electron chi connectivity index (χ0n) is 13.4. The molecule has 0 aromatic rings. The third-order valence-corrected chi connectivity index (χ3v) is 5.59. The summed E-state index contributed by atoms with van der Waals surface area (Å²) in [7, 11) is 0. The van der Waals surface area contributed by atoms with E-state index in [1.165, 1.54) is 52.0 Å². The van der Waals surface area contributed by atoms with E-state index in [0.29, 0.717) is 5.41 Å². The van der Waals surface area contributed by atoms with Gasteiger partial charge in [0.2, 0.25) is 0 Å². The van der Waals surface area contributed by atoms with Crippen molar-refractivity contribution in [3.63, 3.8) is 0 Å². The third-order valence-electron chi connectivity index (χ3n) is 5.59. The molecular formula is C16H33N3. The van der Waals surface area contributed by atoms with Crippen molar-refractivity contribution >= 4 is 0 Å². The van der Waals surface area contributed by atoms with Crippen LogP contribution in [0.25, 0.3) is 0 Å². The minimum atomic E-state index is 0.261. The van der Waals surface area contributed by atoms with Crippen LogP contribution in [-0.4, -0.2) is 54.6 Å². The number of piperazine rings is 1. The molecule has 0 amide bonds. The van der Waals surface area contributed by atoms with Crippen LogP contribution in [0.15, 0.2) is 0 Å². The molecule has 0 aromatic heterocycles. The Morgan fingerprint density at radius 1 is 1.05 bits per heavy atom. The Bertz CT molecular complexity index is 292. The summed E-state index contributed by atoms with van der Waals surface area (Å²) in [6.07, 6.45) is 3.97. The minimum Gasteiger partial charge on any atom is -0.329 e. The highest BCUT2D eigenvalue weighted by Gasteiger charge is 2.51. The zero-order chi connectivity index (χ0) is 14.1. The summed E-state index contributed by atoms with van der Waals surface area (Å²) in [6, 6.07) is 0. The average Bonchev–Trinajstić information content (AvgIpc) is 2.65. The quantitative estimate of drug-likeness (QED) is 0.847. The normalized spacial score (nSPS) is 33.2. The van der Waals surface area contributed by atoms with E-state index >= 15 is 0 Å². The molecule has 2 N–H and O–H groups in total. The Balaban J connectivity index is 2.00. The van der Waals surface area contributed by atoms with Crippen molar-refractivity contribution in [2.45, 2.75) is 52.5 Å². The maximum atomic E-state index is 6.24. The van der Waals surface area contributed by atoms with E-state index in [9.17, 15) is 0 Å². The van der Waals surface area contributed by atoms with E-state index in [0.717, 1.165) is 12.5 Å². The summed E-state index contributed by atoms with van der Waals surface area (Å²) < 4.78 is 0. The molecule has 3 nitrogen and oxygen atoms in total. The first-order valence-electron chi connectivity index (χ1n) is 8.09. The molecule has 1 aliphatic heterocycles. The van der Waals surface area contributed by atoms with Crippen LogP contribution in [0.2, 0.25) is 0 Å². The van der Waals surface area contributed by atoms with Crippen LogP contribution in [0.4, 0.5) is 0 Å². The summed E-state index contributed by atoms with van der Waals surface area (Å²) in [5, 5.41) is 0. The lowest BCUT2D eigenvalue weighted by Gasteiger charge is -2.52. The summed E-state index contributed by atoms with van der Waals surface area (Å²) in [6.45, 7) is 16.4. The van der Waals surface area contributed by atoms with Gasteiger partial charge in [0.05, 0.1) is 0 Å². The Kier molecular flexibility index (Phi) is 4.59. The van der Waals surface area contributed by atoms with Crippen molar-refractivity contribution in [1.82, 2.24) is 9.80 Å². The fraction of sp³-hybridized carbons (Fsp3) is 1.00. The number of nitrogens with zero attached hydrogens (tertiary/aromatic N) is 2. The largest absolute Gasteiger partial charge is 0.329 e. The highest BCUT2D eigenvalue weighted by Crippen LogP contribution is 2.49. The van der Waals surface area contributed by atoms with Crippen LogP contribution in [0.3, 0.4) is 0 Å². The molecule has 1 atom stereocenters. The maximum Gasteiger partial charge on any atom is 0.0383 e. The van der Waals surface area contributed by atoms with E-state index in [-0.39, 0.29) is 5.54 Å². The fourth-order valence-electron chi connectivity index (χ4n) is 4.36. The second-order valence-electron chi connectivity index (χ2n) is 7.65. The number of hydrogen-bond donors (Lipinski definition) is 1. The van der Waals surface area contributed by atoms with Gasteiger partial charge in [0.1, 0.15) is 0 Å². The van der Waals surface area contributed by atoms with Crippen molar-refractivity contribution < 1.29 is 0 Å². The first-order valence-corrected chi connectivity index (χ1v) is 8.09. The molecule has 0 bridgehead atoms. The Morgan fingerprint density at radius 2 is 1.68 bits per heavy atom. The highest BCUT2D eigenvalue weighted by molar-refractivity contribution is 5.07. The van der Waals surface area contributed by atoms with Crippen molar-refractivity contribution in [2.24, 2.45) is 17.1 Å². The molecule has 1 unspecified atom stereocenters. The lowest BCUT2D eigenvalue weighted by Crippen LogP contribution is -2.64. The molecule has 1 saturated carbocycles.